The lowest BCUT2D eigenvalue weighted by atomic mass is 9.78. The first kappa shape index (κ1) is 18.9. The minimum absolute atomic E-state index is 0.144. The summed E-state index contributed by atoms with van der Waals surface area (Å²) in [7, 11) is 0. The van der Waals surface area contributed by atoms with Crippen LogP contribution in [-0.2, 0) is 0 Å². The first-order valence-corrected chi connectivity index (χ1v) is 10.3. The molecule has 2 heterocycles. The van der Waals surface area contributed by atoms with Gasteiger partial charge in [-0.05, 0) is 61.0 Å². The number of carbonyl (C=O) groups excluding carboxylic acids is 2. The van der Waals surface area contributed by atoms with Gasteiger partial charge < -0.3 is 10.2 Å². The second kappa shape index (κ2) is 7.88. The fourth-order valence-corrected chi connectivity index (χ4v) is 4.51. The lowest BCUT2D eigenvalue weighted by Gasteiger charge is -2.33. The number of nitrogens with one attached hydrogen (secondary N) is 1. The van der Waals surface area contributed by atoms with Crippen LogP contribution in [0.15, 0.2) is 48.5 Å². The maximum Gasteiger partial charge on any atom is 0.253 e. The SMILES string of the molecule is CCC(=O)c1ccc(-c2ccc(C(=O)N3CCC4(CCNCC4)C3)cc2)cc1. The van der Waals surface area contributed by atoms with Crippen LogP contribution in [0.1, 0.15) is 53.3 Å². The number of piperidine rings is 1. The average molecular weight is 377 g/mol. The topological polar surface area (TPSA) is 49.4 Å². The van der Waals surface area contributed by atoms with Crippen LogP contribution in [0.3, 0.4) is 0 Å². The van der Waals surface area contributed by atoms with Crippen LogP contribution in [0.4, 0.5) is 0 Å². The highest BCUT2D eigenvalue weighted by Crippen LogP contribution is 2.39. The molecule has 2 aliphatic rings. The molecule has 2 aromatic rings. The molecule has 2 aromatic carbocycles. The Kier molecular flexibility index (Phi) is 5.31. The number of amides is 1. The number of likely N-dealkylation sites (tertiary alicyclic amines) is 1. The van der Waals surface area contributed by atoms with E-state index >= 15 is 0 Å². The summed E-state index contributed by atoms with van der Waals surface area (Å²) in [6.07, 6.45) is 3.99. The fourth-order valence-electron chi connectivity index (χ4n) is 4.51. The third kappa shape index (κ3) is 3.74. The predicted octanol–water partition coefficient (Wildman–Crippen LogP) is 4.16. The summed E-state index contributed by atoms with van der Waals surface area (Å²) < 4.78 is 0. The van der Waals surface area contributed by atoms with E-state index < -0.39 is 0 Å². The zero-order valence-electron chi connectivity index (χ0n) is 16.5. The van der Waals surface area contributed by atoms with Gasteiger partial charge in [-0.1, -0.05) is 43.3 Å². The second-order valence-electron chi connectivity index (χ2n) is 8.16. The molecule has 2 aliphatic heterocycles. The molecular formula is C24H28N2O2. The van der Waals surface area contributed by atoms with Crippen LogP contribution in [0.2, 0.25) is 0 Å². The number of nitrogens with zero attached hydrogens (tertiary/aromatic N) is 1. The molecule has 28 heavy (non-hydrogen) atoms. The van der Waals surface area contributed by atoms with Gasteiger partial charge in [-0.25, -0.2) is 0 Å². The molecule has 0 unspecified atom stereocenters. The lowest BCUT2D eigenvalue weighted by molar-refractivity contribution is 0.0761. The summed E-state index contributed by atoms with van der Waals surface area (Å²) >= 11 is 0. The maximum atomic E-state index is 12.9. The monoisotopic (exact) mass is 376 g/mol. The predicted molar refractivity (Wildman–Crippen MR) is 112 cm³/mol. The standard InChI is InChI=1S/C24H28N2O2/c1-2-22(27)20-7-3-18(4-8-20)19-5-9-21(10-6-19)23(28)26-16-13-24(17-26)11-14-25-15-12-24/h3-10,25H,2,11-17H2,1H3. The van der Waals surface area contributed by atoms with Gasteiger partial charge in [0.1, 0.15) is 0 Å². The first-order chi connectivity index (χ1) is 13.6. The first-order valence-electron chi connectivity index (χ1n) is 10.3. The summed E-state index contributed by atoms with van der Waals surface area (Å²) in [5, 5.41) is 3.42. The van der Waals surface area contributed by atoms with Crippen molar-refractivity contribution >= 4 is 11.7 Å². The molecule has 0 bridgehead atoms. The molecule has 1 N–H and O–H groups in total. The summed E-state index contributed by atoms with van der Waals surface area (Å²) in [4.78, 5) is 26.8. The van der Waals surface area contributed by atoms with Crippen molar-refractivity contribution in [1.29, 1.82) is 0 Å². The van der Waals surface area contributed by atoms with Crippen LogP contribution >= 0.6 is 0 Å². The number of ketones is 1. The fraction of sp³-hybridized carbons (Fsp3) is 0.417. The van der Waals surface area contributed by atoms with Crippen molar-refractivity contribution < 1.29 is 9.59 Å². The van der Waals surface area contributed by atoms with E-state index in [0.717, 1.165) is 54.9 Å². The van der Waals surface area contributed by atoms with Gasteiger partial charge >= 0.3 is 0 Å². The molecule has 4 heteroatoms. The molecule has 1 spiro atoms. The third-order valence-corrected chi connectivity index (χ3v) is 6.38. The Morgan fingerprint density at radius 1 is 0.893 bits per heavy atom. The van der Waals surface area contributed by atoms with Gasteiger partial charge in [0.2, 0.25) is 0 Å². The van der Waals surface area contributed by atoms with E-state index in [1.807, 2.05) is 60.4 Å². The summed E-state index contributed by atoms with van der Waals surface area (Å²) in [5.41, 5.74) is 3.95. The van der Waals surface area contributed by atoms with Crippen molar-refractivity contribution in [3.8, 4) is 11.1 Å². The molecule has 146 valence electrons. The largest absolute Gasteiger partial charge is 0.338 e. The molecule has 0 saturated carbocycles. The van der Waals surface area contributed by atoms with Crippen molar-refractivity contribution in [1.82, 2.24) is 10.2 Å². The molecule has 4 rings (SSSR count). The van der Waals surface area contributed by atoms with E-state index in [1.54, 1.807) is 0 Å². The van der Waals surface area contributed by atoms with E-state index in [4.69, 9.17) is 0 Å². The Bertz CT molecular complexity index is 849. The Balaban J connectivity index is 1.44. The van der Waals surface area contributed by atoms with Crippen LogP contribution in [0.5, 0.6) is 0 Å². The van der Waals surface area contributed by atoms with Gasteiger partial charge in [0.25, 0.3) is 5.91 Å². The van der Waals surface area contributed by atoms with E-state index in [9.17, 15) is 9.59 Å². The number of hydrogen-bond acceptors (Lipinski definition) is 3. The molecule has 0 aliphatic carbocycles. The van der Waals surface area contributed by atoms with E-state index in [2.05, 4.69) is 5.32 Å². The van der Waals surface area contributed by atoms with Gasteiger partial charge in [0.05, 0.1) is 0 Å². The van der Waals surface area contributed by atoms with Crippen molar-refractivity contribution in [3.63, 3.8) is 0 Å². The number of hydrogen-bond donors (Lipinski definition) is 1. The molecule has 2 saturated heterocycles. The Labute approximate surface area is 166 Å². The number of Topliss-reactive ketones (excluding diaryl/α,β-unsaturated/α-hetero) is 1. The van der Waals surface area contributed by atoms with Crippen molar-refractivity contribution in [2.75, 3.05) is 26.2 Å². The van der Waals surface area contributed by atoms with E-state index in [0.29, 0.717) is 11.8 Å². The highest BCUT2D eigenvalue weighted by Gasteiger charge is 2.40. The molecule has 0 aromatic heterocycles. The van der Waals surface area contributed by atoms with Crippen LogP contribution < -0.4 is 5.32 Å². The molecule has 1 amide bonds. The van der Waals surface area contributed by atoms with Crippen LogP contribution in [0, 0.1) is 5.41 Å². The van der Waals surface area contributed by atoms with Crippen molar-refractivity contribution in [2.45, 2.75) is 32.6 Å². The smallest absolute Gasteiger partial charge is 0.253 e. The average Bonchev–Trinajstić information content (AvgIpc) is 3.16. The Hall–Kier alpha value is -2.46. The normalized spacial score (nSPS) is 18.4. The highest BCUT2D eigenvalue weighted by molar-refractivity contribution is 5.96. The summed E-state index contributed by atoms with van der Waals surface area (Å²) in [5.74, 6) is 0.301. The number of carbonyl (C=O) groups is 2. The lowest BCUT2D eigenvalue weighted by Crippen LogP contribution is -2.39. The zero-order valence-corrected chi connectivity index (χ0v) is 16.5. The summed E-state index contributed by atoms with van der Waals surface area (Å²) in [6, 6.07) is 15.6. The third-order valence-electron chi connectivity index (χ3n) is 6.38. The highest BCUT2D eigenvalue weighted by atomic mass is 16.2. The minimum atomic E-state index is 0.144. The van der Waals surface area contributed by atoms with Crippen LogP contribution in [0.25, 0.3) is 11.1 Å². The molecule has 0 radical (unpaired) electrons. The minimum Gasteiger partial charge on any atom is -0.338 e. The number of rotatable bonds is 4. The van der Waals surface area contributed by atoms with Gasteiger partial charge in [-0.3, -0.25) is 9.59 Å². The molecule has 4 nitrogen and oxygen atoms in total. The van der Waals surface area contributed by atoms with Crippen LogP contribution in [-0.4, -0.2) is 42.8 Å². The molecule has 2 fully saturated rings. The quantitative estimate of drug-likeness (QED) is 0.815. The van der Waals surface area contributed by atoms with E-state index in [1.165, 1.54) is 12.8 Å². The summed E-state index contributed by atoms with van der Waals surface area (Å²) in [6.45, 7) is 5.77. The number of benzene rings is 2. The Morgan fingerprint density at radius 3 is 2.04 bits per heavy atom. The van der Waals surface area contributed by atoms with Gasteiger partial charge in [-0.15, -0.1) is 0 Å². The van der Waals surface area contributed by atoms with Gasteiger partial charge in [0, 0.05) is 30.6 Å². The molecular weight excluding hydrogens is 348 g/mol. The Morgan fingerprint density at radius 2 is 1.46 bits per heavy atom. The maximum absolute atomic E-state index is 12.9. The molecule has 0 atom stereocenters. The van der Waals surface area contributed by atoms with Crippen molar-refractivity contribution in [3.05, 3.63) is 59.7 Å². The van der Waals surface area contributed by atoms with E-state index in [-0.39, 0.29) is 11.7 Å². The zero-order chi connectivity index (χ0) is 19.6. The van der Waals surface area contributed by atoms with Gasteiger partial charge in [0.15, 0.2) is 5.78 Å². The van der Waals surface area contributed by atoms with Crippen molar-refractivity contribution in [2.24, 2.45) is 5.41 Å². The van der Waals surface area contributed by atoms with Gasteiger partial charge in [-0.2, -0.15) is 0 Å². The second-order valence-corrected chi connectivity index (χ2v) is 8.16.